The van der Waals surface area contributed by atoms with Gasteiger partial charge in [0.2, 0.25) is 0 Å². The summed E-state index contributed by atoms with van der Waals surface area (Å²) in [6.45, 7) is 0.529. The molecule has 92 valence electrons. The average Bonchev–Trinajstić information content (AvgIpc) is 3.04. The Kier molecular flexibility index (Phi) is 5.74. The van der Waals surface area contributed by atoms with Crippen molar-refractivity contribution in [1.82, 2.24) is 30.4 Å². The van der Waals surface area contributed by atoms with E-state index in [9.17, 15) is 0 Å². The third kappa shape index (κ3) is 5.25. The molecule has 19 heavy (non-hydrogen) atoms. The van der Waals surface area contributed by atoms with Crippen molar-refractivity contribution in [2.75, 3.05) is 0 Å². The van der Waals surface area contributed by atoms with E-state index in [-0.39, 0.29) is 0 Å². The molecule has 0 aliphatic heterocycles. The third-order valence-corrected chi connectivity index (χ3v) is 4.85. The molecule has 3 rings (SSSR count). The number of nitrogens with zero attached hydrogens (tertiary/aromatic N) is 6. The monoisotopic (exact) mass is 478 g/mol. The van der Waals surface area contributed by atoms with Gasteiger partial charge in [-0.3, -0.25) is 0 Å². The molecule has 0 spiro atoms. The zero-order valence-electron chi connectivity index (χ0n) is 9.88. The van der Waals surface area contributed by atoms with Crippen LogP contribution in [-0.4, -0.2) is 30.4 Å². The van der Waals surface area contributed by atoms with Crippen LogP contribution >= 0.6 is 11.3 Å². The van der Waals surface area contributed by atoms with Gasteiger partial charge in [0, 0.05) is 5.01 Å². The van der Waals surface area contributed by atoms with Gasteiger partial charge in [-0.2, -0.15) is 10.2 Å². The number of aromatic nitrogens is 6. The minimum atomic E-state index is 0.529. The molecular formula is C10H8HgN6S2. The second kappa shape index (κ2) is 7.56. The van der Waals surface area contributed by atoms with Gasteiger partial charge in [0.15, 0.2) is 0 Å². The molecule has 9 heteroatoms. The van der Waals surface area contributed by atoms with Crippen molar-refractivity contribution in [3.05, 3.63) is 41.7 Å². The molecule has 3 aromatic rings. The van der Waals surface area contributed by atoms with Crippen LogP contribution in [0, 0.1) is 0 Å². The summed E-state index contributed by atoms with van der Waals surface area (Å²) in [5, 5.41) is 19.0. The third-order valence-electron chi connectivity index (χ3n) is 1.98. The van der Waals surface area contributed by atoms with Gasteiger partial charge in [0.05, 0.1) is 6.54 Å². The van der Waals surface area contributed by atoms with E-state index in [4.69, 9.17) is 12.6 Å². The first-order valence-electron chi connectivity index (χ1n) is 5.31. The minimum absolute atomic E-state index is 0.529. The summed E-state index contributed by atoms with van der Waals surface area (Å²) in [5.41, 5.74) is 0. The van der Waals surface area contributed by atoms with Crippen molar-refractivity contribution < 1.29 is 26.1 Å². The van der Waals surface area contributed by atoms with Gasteiger partial charge in [-0.1, -0.05) is 0 Å². The predicted molar refractivity (Wildman–Crippen MR) is 68.5 cm³/mol. The zero-order chi connectivity index (χ0) is 13.5. The van der Waals surface area contributed by atoms with Gasteiger partial charge >= 0.3 is 59.5 Å². The maximum Gasteiger partial charge on any atom is 0.138 e. The Morgan fingerprint density at radius 3 is 2.47 bits per heavy atom. The van der Waals surface area contributed by atoms with E-state index in [1.54, 1.807) is 4.68 Å². The van der Waals surface area contributed by atoms with Gasteiger partial charge in [-0.05, 0) is 14.8 Å². The molecular weight excluding hydrogens is 469 g/mol. The maximum absolute atomic E-state index is 4.81. The molecule has 0 aliphatic rings. The molecule has 0 aliphatic carbocycles. The van der Waals surface area contributed by atoms with Gasteiger partial charge in [0.25, 0.3) is 0 Å². The number of tetrazole rings is 1. The molecule has 0 saturated carbocycles. The molecule has 0 radical (unpaired) electrons. The SMILES string of the molecule is [Hg+][c]1ccccc1.[S-]c1nnc(Cn2cnnn2)s1. The van der Waals surface area contributed by atoms with E-state index in [1.807, 2.05) is 0 Å². The topological polar surface area (TPSA) is 69.4 Å². The van der Waals surface area contributed by atoms with E-state index in [0.29, 0.717) is 10.9 Å². The summed E-state index contributed by atoms with van der Waals surface area (Å²) in [4.78, 5) is 0. The van der Waals surface area contributed by atoms with Crippen LogP contribution in [0.3, 0.4) is 0 Å². The minimum Gasteiger partial charge on any atom is -0.406 e. The summed E-state index contributed by atoms with van der Waals surface area (Å²) in [5.74, 6) is 0. The van der Waals surface area contributed by atoms with Gasteiger partial charge in [-0.25, -0.2) is 4.68 Å². The number of rotatable bonds is 2. The fourth-order valence-corrected chi connectivity index (χ4v) is 3.12. The molecule has 6 nitrogen and oxygen atoms in total. The van der Waals surface area contributed by atoms with Crippen LogP contribution in [0.5, 0.6) is 0 Å². The zero-order valence-corrected chi connectivity index (χ0v) is 17.0. The van der Waals surface area contributed by atoms with Crippen LogP contribution < -0.4 is 3.07 Å². The van der Waals surface area contributed by atoms with Gasteiger partial charge in [-0.15, -0.1) is 5.10 Å². The molecule has 0 N–H and O–H groups in total. The van der Waals surface area contributed by atoms with Gasteiger partial charge < -0.3 is 24.0 Å². The standard InChI is InChI=1S/C6H5.C4H4N6S2.Hg/c1-2-4-6-5-3-1;11-4-7-6-3(12-4)1-10-2-5-8-9-10;/h1-5H;2H,1H2,(H,7,11);/q;;+1/p-1. The largest absolute Gasteiger partial charge is 0.406 e. The van der Waals surface area contributed by atoms with E-state index in [1.165, 1.54) is 20.7 Å². The molecule has 0 amide bonds. The molecule has 1 aromatic carbocycles. The van der Waals surface area contributed by atoms with Crippen LogP contribution in [0.15, 0.2) is 41.0 Å². The van der Waals surface area contributed by atoms with E-state index in [0.717, 1.165) is 31.1 Å². The van der Waals surface area contributed by atoms with Crippen LogP contribution in [0.4, 0.5) is 0 Å². The Morgan fingerprint density at radius 1 is 1.21 bits per heavy atom. The normalized spacial score (nSPS) is 9.79. The first kappa shape index (κ1) is 14.4. The Labute approximate surface area is 135 Å². The molecule has 0 unspecified atom stereocenters. The van der Waals surface area contributed by atoms with Crippen molar-refractivity contribution >= 4 is 27.0 Å². The molecule has 2 heterocycles. The summed E-state index contributed by atoms with van der Waals surface area (Å²) >= 11 is 6.98. The summed E-state index contributed by atoms with van der Waals surface area (Å²) in [6, 6.07) is 10.6. The Hall–Kier alpha value is -0.995. The summed E-state index contributed by atoms with van der Waals surface area (Å²) in [6.07, 6.45) is 1.52. The van der Waals surface area contributed by atoms with E-state index >= 15 is 0 Å². The van der Waals surface area contributed by atoms with Crippen molar-refractivity contribution in [1.29, 1.82) is 0 Å². The first-order chi connectivity index (χ1) is 9.24. The Balaban J connectivity index is 0.000000163. The number of hydrogen-bond acceptors (Lipinski definition) is 7. The van der Waals surface area contributed by atoms with Crippen molar-refractivity contribution in [3.8, 4) is 0 Å². The van der Waals surface area contributed by atoms with Crippen LogP contribution in [0.1, 0.15) is 5.01 Å². The van der Waals surface area contributed by atoms with Crippen molar-refractivity contribution in [2.24, 2.45) is 0 Å². The summed E-state index contributed by atoms with van der Waals surface area (Å²) in [7, 11) is 0. The second-order valence-corrected chi connectivity index (χ2v) is 8.34. The Morgan fingerprint density at radius 2 is 2.00 bits per heavy atom. The average molecular weight is 477 g/mol. The molecule has 0 atom stereocenters. The van der Waals surface area contributed by atoms with Crippen LogP contribution in [0.25, 0.3) is 0 Å². The van der Waals surface area contributed by atoms with Crippen LogP contribution in [0.2, 0.25) is 0 Å². The molecule has 0 fully saturated rings. The quantitative estimate of drug-likeness (QED) is 0.392. The molecule has 0 bridgehead atoms. The van der Waals surface area contributed by atoms with Crippen molar-refractivity contribution in [3.63, 3.8) is 0 Å². The predicted octanol–water partition coefficient (Wildman–Crippen LogP) is 0.337. The summed E-state index contributed by atoms with van der Waals surface area (Å²) < 4.78 is 3.62. The fraction of sp³-hybridized carbons (Fsp3) is 0.100. The molecule has 0 saturated heterocycles. The number of benzene rings is 1. The maximum atomic E-state index is 4.81. The molecule has 2 aromatic heterocycles. The first-order valence-corrected chi connectivity index (χ1v) is 9.28. The second-order valence-electron chi connectivity index (χ2n) is 3.45. The fourth-order valence-electron chi connectivity index (χ4n) is 1.17. The van der Waals surface area contributed by atoms with E-state index < -0.39 is 0 Å². The van der Waals surface area contributed by atoms with Crippen LogP contribution in [-0.2, 0) is 45.3 Å². The van der Waals surface area contributed by atoms with E-state index in [2.05, 4.69) is 56.1 Å². The van der Waals surface area contributed by atoms with Crippen molar-refractivity contribution in [2.45, 2.75) is 10.9 Å². The number of hydrogen-bond donors (Lipinski definition) is 0. The van der Waals surface area contributed by atoms with Gasteiger partial charge in [0.1, 0.15) is 6.33 Å². The Bertz CT molecular complexity index is 598. The smallest absolute Gasteiger partial charge is 0.138 e.